The van der Waals surface area contributed by atoms with E-state index in [1.54, 1.807) is 18.2 Å². The lowest BCUT2D eigenvalue weighted by Gasteiger charge is -2.24. The Kier molecular flexibility index (Phi) is 5.61. The number of ether oxygens (including phenoxy) is 1. The molecule has 2 amide bonds. The van der Waals surface area contributed by atoms with Crippen LogP contribution in [0.15, 0.2) is 30.6 Å². The molecule has 0 bridgehead atoms. The first kappa shape index (κ1) is 19.1. The molecule has 1 atom stereocenters. The molecule has 1 fully saturated rings. The van der Waals surface area contributed by atoms with Crippen molar-refractivity contribution in [1.29, 1.82) is 0 Å². The molecule has 1 aliphatic rings. The number of nitrogens with zero attached hydrogens (tertiary/aromatic N) is 2. The van der Waals surface area contributed by atoms with Gasteiger partial charge in [0, 0.05) is 18.8 Å². The van der Waals surface area contributed by atoms with Gasteiger partial charge in [-0.25, -0.2) is 14.8 Å². The summed E-state index contributed by atoms with van der Waals surface area (Å²) < 4.78 is 42.9. The standard InChI is InChI=1S/C16H15BF3N5O2/c17-11-5-9(13-8-21-3-4-27-13)1-2-12(11)25-15(26)24-10-6-22-14(23-7-10)16(18,19)20/h1-2,5-7,13,21H,3-4,8H2,(H2,24,25,26)/t13-/m0/s1. The molecule has 1 saturated heterocycles. The molecule has 1 aromatic carbocycles. The van der Waals surface area contributed by atoms with Crippen molar-refractivity contribution in [3.05, 3.63) is 42.0 Å². The highest BCUT2D eigenvalue weighted by Gasteiger charge is 2.34. The zero-order valence-corrected chi connectivity index (χ0v) is 14.0. The van der Waals surface area contributed by atoms with E-state index < -0.39 is 18.0 Å². The number of amides is 2. The molecular formula is C16H15BF3N5O2. The van der Waals surface area contributed by atoms with Crippen molar-refractivity contribution in [2.75, 3.05) is 30.3 Å². The van der Waals surface area contributed by atoms with E-state index in [1.807, 2.05) is 0 Å². The van der Waals surface area contributed by atoms with Gasteiger partial charge in [-0.2, -0.15) is 13.2 Å². The lowest BCUT2D eigenvalue weighted by atomic mass is 9.90. The number of hydrogen-bond acceptors (Lipinski definition) is 5. The van der Waals surface area contributed by atoms with Crippen molar-refractivity contribution in [3.63, 3.8) is 0 Å². The van der Waals surface area contributed by atoms with Crippen LogP contribution in [-0.4, -0.2) is 43.5 Å². The van der Waals surface area contributed by atoms with Crippen LogP contribution in [-0.2, 0) is 10.9 Å². The van der Waals surface area contributed by atoms with Gasteiger partial charge in [0.15, 0.2) is 0 Å². The molecule has 140 valence electrons. The van der Waals surface area contributed by atoms with E-state index in [0.29, 0.717) is 24.3 Å². The molecule has 3 N–H and O–H groups in total. The van der Waals surface area contributed by atoms with Crippen LogP contribution in [0.25, 0.3) is 0 Å². The van der Waals surface area contributed by atoms with Gasteiger partial charge in [-0.1, -0.05) is 17.6 Å². The minimum Gasteiger partial charge on any atom is -0.371 e. The summed E-state index contributed by atoms with van der Waals surface area (Å²) in [6, 6.07) is 4.43. The van der Waals surface area contributed by atoms with Gasteiger partial charge in [-0.15, -0.1) is 0 Å². The third-order valence-corrected chi connectivity index (χ3v) is 3.79. The van der Waals surface area contributed by atoms with E-state index in [1.165, 1.54) is 0 Å². The van der Waals surface area contributed by atoms with Gasteiger partial charge >= 0.3 is 12.2 Å². The fourth-order valence-corrected chi connectivity index (χ4v) is 2.50. The largest absolute Gasteiger partial charge is 0.451 e. The Hall–Kier alpha value is -2.66. The van der Waals surface area contributed by atoms with Crippen LogP contribution in [0.4, 0.5) is 29.3 Å². The Morgan fingerprint density at radius 2 is 2.00 bits per heavy atom. The SMILES string of the molecule is [B]c1cc([C@@H]2CNCCO2)ccc1NC(=O)Nc1cnc(C(F)(F)F)nc1. The van der Waals surface area contributed by atoms with Crippen LogP contribution in [0.1, 0.15) is 17.5 Å². The van der Waals surface area contributed by atoms with Crippen LogP contribution in [0, 0.1) is 0 Å². The average molecular weight is 377 g/mol. The van der Waals surface area contributed by atoms with Crippen LogP contribution in [0.3, 0.4) is 0 Å². The van der Waals surface area contributed by atoms with Gasteiger partial charge in [-0.3, -0.25) is 0 Å². The lowest BCUT2D eigenvalue weighted by molar-refractivity contribution is -0.144. The first-order valence-corrected chi connectivity index (χ1v) is 8.02. The maximum Gasteiger partial charge on any atom is 0.451 e. The highest BCUT2D eigenvalue weighted by atomic mass is 19.4. The predicted molar refractivity (Wildman–Crippen MR) is 93.1 cm³/mol. The Labute approximate surface area is 154 Å². The van der Waals surface area contributed by atoms with E-state index in [2.05, 4.69) is 25.9 Å². The first-order valence-electron chi connectivity index (χ1n) is 8.02. The zero-order valence-electron chi connectivity index (χ0n) is 14.0. The summed E-state index contributed by atoms with van der Waals surface area (Å²) in [5.41, 5.74) is 1.58. The number of aromatic nitrogens is 2. The second-order valence-corrected chi connectivity index (χ2v) is 5.78. The van der Waals surface area contributed by atoms with Gasteiger partial charge in [0.25, 0.3) is 0 Å². The molecule has 7 nitrogen and oxygen atoms in total. The molecule has 2 aromatic rings. The molecule has 0 unspecified atom stereocenters. The maximum absolute atomic E-state index is 12.4. The van der Waals surface area contributed by atoms with Crippen molar-refractivity contribution >= 4 is 30.7 Å². The fourth-order valence-electron chi connectivity index (χ4n) is 2.50. The summed E-state index contributed by atoms with van der Waals surface area (Å²) >= 11 is 0. The number of rotatable bonds is 3. The topological polar surface area (TPSA) is 88.2 Å². The molecule has 3 rings (SSSR count). The number of alkyl halides is 3. The number of hydrogen-bond donors (Lipinski definition) is 3. The van der Waals surface area contributed by atoms with E-state index >= 15 is 0 Å². The lowest BCUT2D eigenvalue weighted by Crippen LogP contribution is -2.33. The Balaban J connectivity index is 1.62. The van der Waals surface area contributed by atoms with Gasteiger partial charge in [0.05, 0.1) is 30.8 Å². The normalized spacial score (nSPS) is 17.4. The van der Waals surface area contributed by atoms with E-state index in [4.69, 9.17) is 12.6 Å². The third-order valence-electron chi connectivity index (χ3n) is 3.79. The summed E-state index contributed by atoms with van der Waals surface area (Å²) in [6.45, 7) is 2.06. The van der Waals surface area contributed by atoms with Gasteiger partial charge in [-0.05, 0) is 11.6 Å². The number of anilines is 2. The Morgan fingerprint density at radius 1 is 1.26 bits per heavy atom. The summed E-state index contributed by atoms with van der Waals surface area (Å²) in [4.78, 5) is 18.3. The highest BCUT2D eigenvalue weighted by molar-refractivity contribution is 6.36. The number of carbonyl (C=O) groups is 1. The minimum absolute atomic E-state index is 0.0115. The van der Waals surface area contributed by atoms with Crippen molar-refractivity contribution in [1.82, 2.24) is 15.3 Å². The summed E-state index contributed by atoms with van der Waals surface area (Å²) in [7, 11) is 5.97. The molecule has 11 heteroatoms. The Morgan fingerprint density at radius 3 is 2.59 bits per heavy atom. The molecule has 0 saturated carbocycles. The first-order chi connectivity index (χ1) is 12.8. The maximum atomic E-state index is 12.4. The highest BCUT2D eigenvalue weighted by Crippen LogP contribution is 2.25. The molecule has 2 heterocycles. The van der Waals surface area contributed by atoms with Crippen LogP contribution >= 0.6 is 0 Å². The molecular weight excluding hydrogens is 362 g/mol. The van der Waals surface area contributed by atoms with Gasteiger partial charge < -0.3 is 20.7 Å². The van der Waals surface area contributed by atoms with Crippen molar-refractivity contribution in [3.8, 4) is 0 Å². The molecule has 0 spiro atoms. The van der Waals surface area contributed by atoms with Crippen molar-refractivity contribution in [2.24, 2.45) is 0 Å². The van der Waals surface area contributed by atoms with Crippen molar-refractivity contribution in [2.45, 2.75) is 12.3 Å². The molecule has 2 radical (unpaired) electrons. The number of benzene rings is 1. The smallest absolute Gasteiger partial charge is 0.371 e. The minimum atomic E-state index is -4.64. The van der Waals surface area contributed by atoms with Crippen LogP contribution in [0.5, 0.6) is 0 Å². The average Bonchev–Trinajstić information content (AvgIpc) is 2.64. The second kappa shape index (κ2) is 7.93. The van der Waals surface area contributed by atoms with Gasteiger partial charge in [0.1, 0.15) is 7.85 Å². The number of nitrogens with one attached hydrogen (secondary N) is 3. The number of halogens is 3. The zero-order chi connectivity index (χ0) is 19.4. The van der Waals surface area contributed by atoms with Crippen LogP contribution < -0.4 is 21.4 Å². The molecule has 1 aromatic heterocycles. The molecule has 1 aliphatic heterocycles. The third kappa shape index (κ3) is 4.95. The summed E-state index contributed by atoms with van der Waals surface area (Å²) in [5, 5.41) is 8.08. The fraction of sp³-hybridized carbons (Fsp3) is 0.312. The van der Waals surface area contributed by atoms with Gasteiger partial charge in [0.2, 0.25) is 5.82 Å². The molecule has 0 aliphatic carbocycles. The summed E-state index contributed by atoms with van der Waals surface area (Å²) in [6.07, 6.45) is -3.02. The molecule has 27 heavy (non-hydrogen) atoms. The number of urea groups is 1. The van der Waals surface area contributed by atoms with E-state index in [-0.39, 0.29) is 11.8 Å². The van der Waals surface area contributed by atoms with E-state index in [9.17, 15) is 18.0 Å². The number of carbonyl (C=O) groups excluding carboxylic acids is 1. The van der Waals surface area contributed by atoms with E-state index in [0.717, 1.165) is 24.5 Å². The second-order valence-electron chi connectivity index (χ2n) is 5.78. The monoisotopic (exact) mass is 377 g/mol. The number of morpholine rings is 1. The quantitative estimate of drug-likeness (QED) is 0.708. The Bertz CT molecular complexity index is 811. The van der Waals surface area contributed by atoms with Crippen molar-refractivity contribution < 1.29 is 22.7 Å². The summed E-state index contributed by atoms with van der Waals surface area (Å²) in [5.74, 6) is -1.28. The van der Waals surface area contributed by atoms with Crippen LogP contribution in [0.2, 0.25) is 0 Å². The predicted octanol–water partition coefficient (Wildman–Crippen LogP) is 1.59.